The van der Waals surface area contributed by atoms with E-state index in [0.29, 0.717) is 23.0 Å². The lowest BCUT2D eigenvalue weighted by Gasteiger charge is -2.41. The van der Waals surface area contributed by atoms with Gasteiger partial charge in [-0.3, -0.25) is 20.0 Å². The van der Waals surface area contributed by atoms with E-state index < -0.39 is 0 Å². The van der Waals surface area contributed by atoms with Crippen molar-refractivity contribution in [3.63, 3.8) is 0 Å². The lowest BCUT2D eigenvalue weighted by molar-refractivity contribution is -0.110. The molecule has 2 aromatic rings. The predicted octanol–water partition coefficient (Wildman–Crippen LogP) is 4.21. The molecule has 1 amide bonds. The van der Waals surface area contributed by atoms with Crippen molar-refractivity contribution in [2.75, 3.05) is 56.6 Å². The minimum atomic E-state index is -0.156. The van der Waals surface area contributed by atoms with E-state index in [0.717, 1.165) is 87.7 Å². The van der Waals surface area contributed by atoms with Crippen LogP contribution in [0.25, 0.3) is 5.57 Å². The molecule has 3 aliphatic rings. The Kier molecular flexibility index (Phi) is 7.51. The monoisotopic (exact) mass is 487 g/mol. The molecule has 3 aliphatic heterocycles. The van der Waals surface area contributed by atoms with Gasteiger partial charge in [-0.15, -0.1) is 0 Å². The number of nitrogens with one attached hydrogen (secondary N) is 3. The summed E-state index contributed by atoms with van der Waals surface area (Å²) in [5, 5.41) is 15.2. The highest BCUT2D eigenvalue weighted by Crippen LogP contribution is 2.39. The van der Waals surface area contributed by atoms with Gasteiger partial charge in [0.05, 0.1) is 23.6 Å². The first kappa shape index (κ1) is 24.7. The smallest absolute Gasteiger partial charge is 0.258 e. The van der Waals surface area contributed by atoms with E-state index in [4.69, 9.17) is 10.1 Å². The predicted molar refractivity (Wildman–Crippen MR) is 146 cm³/mol. The fraction of sp³-hybridized carbons (Fsp3) is 0.448. The van der Waals surface area contributed by atoms with E-state index in [9.17, 15) is 4.79 Å². The van der Waals surface area contributed by atoms with Crippen molar-refractivity contribution in [3.05, 3.63) is 64.9 Å². The summed E-state index contributed by atoms with van der Waals surface area (Å²) in [5.41, 5.74) is 6.18. The first-order chi connectivity index (χ1) is 17.6. The molecule has 0 aromatic heterocycles. The van der Waals surface area contributed by atoms with Crippen LogP contribution in [0.3, 0.4) is 0 Å². The van der Waals surface area contributed by atoms with Crippen LogP contribution in [-0.2, 0) is 16.0 Å². The normalized spacial score (nSPS) is 21.9. The van der Waals surface area contributed by atoms with Gasteiger partial charge in [-0.25, -0.2) is 0 Å². The Bertz CT molecular complexity index is 1170. The SMILES string of the molecule is CCCOCCN1CCN(CCC)C(Cc2ccc3c(c2)C(=N)/C(=C2/C(=O)Nc4ccccc42)N3)C1. The first-order valence-corrected chi connectivity index (χ1v) is 13.3. The first-order valence-electron chi connectivity index (χ1n) is 13.3. The quantitative estimate of drug-likeness (QED) is 0.365. The molecule has 0 bridgehead atoms. The highest BCUT2D eigenvalue weighted by Gasteiger charge is 2.33. The Balaban J connectivity index is 1.33. The molecular weight excluding hydrogens is 450 g/mol. The van der Waals surface area contributed by atoms with Crippen LogP contribution < -0.4 is 10.6 Å². The van der Waals surface area contributed by atoms with Gasteiger partial charge < -0.3 is 15.4 Å². The van der Waals surface area contributed by atoms with Crippen molar-refractivity contribution in [1.82, 2.24) is 9.80 Å². The summed E-state index contributed by atoms with van der Waals surface area (Å²) < 4.78 is 5.74. The number of amides is 1. The average Bonchev–Trinajstić information content (AvgIpc) is 3.38. The number of hydrogen-bond donors (Lipinski definition) is 3. The summed E-state index contributed by atoms with van der Waals surface area (Å²) >= 11 is 0. The van der Waals surface area contributed by atoms with Crippen LogP contribution in [0.5, 0.6) is 0 Å². The molecule has 1 atom stereocenters. The molecule has 5 rings (SSSR count). The molecule has 0 saturated carbocycles. The third-order valence-corrected chi connectivity index (χ3v) is 7.36. The molecule has 0 radical (unpaired) electrons. The molecular formula is C29H37N5O2. The third kappa shape index (κ3) is 4.96. The Morgan fingerprint density at radius 1 is 0.972 bits per heavy atom. The second-order valence-electron chi connectivity index (χ2n) is 9.94. The van der Waals surface area contributed by atoms with Crippen molar-refractivity contribution in [1.29, 1.82) is 5.41 Å². The molecule has 0 aliphatic carbocycles. The Morgan fingerprint density at radius 2 is 1.81 bits per heavy atom. The molecule has 7 nitrogen and oxygen atoms in total. The molecule has 7 heteroatoms. The average molecular weight is 488 g/mol. The molecule has 2 aromatic carbocycles. The molecule has 3 heterocycles. The highest BCUT2D eigenvalue weighted by molar-refractivity contribution is 6.39. The number of nitrogens with zero attached hydrogens (tertiary/aromatic N) is 2. The minimum Gasteiger partial charge on any atom is -0.380 e. The number of benzene rings is 2. The summed E-state index contributed by atoms with van der Waals surface area (Å²) in [4.78, 5) is 17.9. The zero-order chi connectivity index (χ0) is 25.1. The zero-order valence-corrected chi connectivity index (χ0v) is 21.4. The van der Waals surface area contributed by atoms with E-state index in [1.807, 2.05) is 24.3 Å². The van der Waals surface area contributed by atoms with Crippen molar-refractivity contribution in [2.24, 2.45) is 0 Å². The number of para-hydroxylation sites is 1. The van der Waals surface area contributed by atoms with E-state index in [2.05, 4.69) is 52.5 Å². The number of piperazine rings is 1. The lowest BCUT2D eigenvalue weighted by Crippen LogP contribution is -2.54. The van der Waals surface area contributed by atoms with E-state index in [1.54, 1.807) is 0 Å². The third-order valence-electron chi connectivity index (χ3n) is 7.36. The fourth-order valence-electron chi connectivity index (χ4n) is 5.57. The van der Waals surface area contributed by atoms with Crippen LogP contribution in [0.1, 0.15) is 43.4 Å². The van der Waals surface area contributed by atoms with E-state index in [-0.39, 0.29) is 5.91 Å². The fourth-order valence-corrected chi connectivity index (χ4v) is 5.57. The second kappa shape index (κ2) is 10.9. The Labute approximate surface area is 214 Å². The summed E-state index contributed by atoms with van der Waals surface area (Å²) in [7, 11) is 0. The van der Waals surface area contributed by atoms with Gasteiger partial charge >= 0.3 is 0 Å². The maximum atomic E-state index is 12.8. The molecule has 1 unspecified atom stereocenters. The number of allylic oxidation sites excluding steroid dienone is 1. The van der Waals surface area contributed by atoms with Crippen molar-refractivity contribution in [2.45, 2.75) is 39.2 Å². The van der Waals surface area contributed by atoms with Crippen LogP contribution in [0.15, 0.2) is 48.2 Å². The maximum Gasteiger partial charge on any atom is 0.258 e. The van der Waals surface area contributed by atoms with Crippen LogP contribution in [0.4, 0.5) is 11.4 Å². The van der Waals surface area contributed by atoms with Crippen molar-refractivity contribution in [3.8, 4) is 0 Å². The van der Waals surface area contributed by atoms with Crippen molar-refractivity contribution >= 4 is 28.6 Å². The van der Waals surface area contributed by atoms with Gasteiger partial charge in [0.1, 0.15) is 0 Å². The van der Waals surface area contributed by atoms with Crippen LogP contribution in [0.2, 0.25) is 0 Å². The van der Waals surface area contributed by atoms with Gasteiger partial charge in [-0.05, 0) is 49.6 Å². The van der Waals surface area contributed by atoms with Gasteiger partial charge in [0.15, 0.2) is 0 Å². The number of rotatable bonds is 9. The van der Waals surface area contributed by atoms with Gasteiger partial charge in [-0.2, -0.15) is 0 Å². The van der Waals surface area contributed by atoms with Gasteiger partial charge in [-0.1, -0.05) is 38.1 Å². The van der Waals surface area contributed by atoms with Crippen LogP contribution in [-0.4, -0.2) is 73.4 Å². The van der Waals surface area contributed by atoms with E-state index in [1.165, 1.54) is 5.56 Å². The molecule has 190 valence electrons. The maximum absolute atomic E-state index is 12.8. The molecule has 1 saturated heterocycles. The largest absolute Gasteiger partial charge is 0.380 e. The number of fused-ring (bicyclic) bond motifs is 2. The van der Waals surface area contributed by atoms with Gasteiger partial charge in [0, 0.05) is 61.3 Å². The summed E-state index contributed by atoms with van der Waals surface area (Å²) in [5.74, 6) is -0.156. The topological polar surface area (TPSA) is 80.7 Å². The standard InChI is InChI=1S/C29H37N5O2/c1-3-11-34-13-12-33(14-16-36-15-4-2)19-21(34)17-20-9-10-25-23(18-20)27(30)28(31-25)26-22-7-5-6-8-24(22)32-29(26)35/h5-10,18,21,30-31H,3-4,11-17,19H2,1-2H3,(H,32,35)/b28-26-,30-27?. The van der Waals surface area contributed by atoms with Gasteiger partial charge in [0.25, 0.3) is 5.91 Å². The number of carbonyl (C=O) groups excluding carboxylic acids is 1. The Hall–Kier alpha value is -3.00. The minimum absolute atomic E-state index is 0.156. The number of anilines is 2. The number of carbonyl (C=O) groups is 1. The summed E-state index contributed by atoms with van der Waals surface area (Å²) in [6, 6.07) is 14.5. The molecule has 0 spiro atoms. The Morgan fingerprint density at radius 3 is 2.64 bits per heavy atom. The summed E-state index contributed by atoms with van der Waals surface area (Å²) in [6.07, 6.45) is 3.15. The number of hydrogen-bond acceptors (Lipinski definition) is 6. The molecule has 3 N–H and O–H groups in total. The van der Waals surface area contributed by atoms with E-state index >= 15 is 0 Å². The second-order valence-corrected chi connectivity index (χ2v) is 9.94. The molecule has 36 heavy (non-hydrogen) atoms. The summed E-state index contributed by atoms with van der Waals surface area (Å²) in [6.45, 7) is 11.3. The lowest BCUT2D eigenvalue weighted by atomic mass is 9.97. The van der Waals surface area contributed by atoms with Crippen LogP contribution in [0, 0.1) is 5.41 Å². The van der Waals surface area contributed by atoms with Gasteiger partial charge in [0.2, 0.25) is 0 Å². The van der Waals surface area contributed by atoms with Crippen LogP contribution >= 0.6 is 0 Å². The zero-order valence-electron chi connectivity index (χ0n) is 21.4. The van der Waals surface area contributed by atoms with Crippen molar-refractivity contribution < 1.29 is 9.53 Å². The highest BCUT2D eigenvalue weighted by atomic mass is 16.5. The molecule has 1 fully saturated rings. The number of ether oxygens (including phenoxy) is 1.